The Hall–Kier alpha value is -1.24. The van der Waals surface area contributed by atoms with Crippen LogP contribution in [0.3, 0.4) is 0 Å². The van der Waals surface area contributed by atoms with Gasteiger partial charge >= 0.3 is 12.1 Å². The van der Waals surface area contributed by atoms with Crippen LogP contribution >= 0.6 is 15.9 Å². The number of nitrogens with two attached hydrogens (primary N) is 1. The van der Waals surface area contributed by atoms with Gasteiger partial charge in [0.25, 0.3) is 0 Å². The van der Waals surface area contributed by atoms with Gasteiger partial charge in [-0.25, -0.2) is 4.79 Å². The molecule has 0 bridgehead atoms. The summed E-state index contributed by atoms with van der Waals surface area (Å²) in [6, 6.07) is 4.56. The molecule has 18 heavy (non-hydrogen) atoms. The average molecular weight is 326 g/mol. The van der Waals surface area contributed by atoms with Crippen LogP contribution in [0.4, 0.5) is 18.9 Å². The molecule has 1 aromatic rings. The molecule has 0 heterocycles. The van der Waals surface area contributed by atoms with Crippen LogP contribution in [0.5, 0.6) is 0 Å². The van der Waals surface area contributed by atoms with Crippen molar-refractivity contribution in [2.45, 2.75) is 19.0 Å². The van der Waals surface area contributed by atoms with E-state index in [0.29, 0.717) is 10.2 Å². The van der Waals surface area contributed by atoms with Crippen LogP contribution in [0, 0.1) is 0 Å². The van der Waals surface area contributed by atoms with E-state index >= 15 is 0 Å². The molecule has 0 saturated carbocycles. The number of carbonyl (C=O) groups is 1. The smallest absolute Gasteiger partial charge is 0.389 e. The SMILES string of the molecule is Nc1ccc(Br)c(C(=O)OCCCC(F)(F)F)c1. The summed E-state index contributed by atoms with van der Waals surface area (Å²) in [5, 5.41) is 0. The number of rotatable bonds is 4. The molecule has 0 amide bonds. The van der Waals surface area contributed by atoms with Gasteiger partial charge < -0.3 is 10.5 Å². The number of hydrogen-bond acceptors (Lipinski definition) is 3. The van der Waals surface area contributed by atoms with E-state index < -0.39 is 18.6 Å². The molecule has 2 N–H and O–H groups in total. The Morgan fingerprint density at radius 1 is 1.39 bits per heavy atom. The second kappa shape index (κ2) is 6.08. The van der Waals surface area contributed by atoms with E-state index in [4.69, 9.17) is 10.5 Å². The standard InChI is InChI=1S/C11H11BrF3NO2/c12-9-3-2-7(16)6-8(9)10(17)18-5-1-4-11(13,14)15/h2-3,6H,1,4-5,16H2. The number of nitrogen functional groups attached to an aromatic ring is 1. The van der Waals surface area contributed by atoms with Crippen LogP contribution in [0.25, 0.3) is 0 Å². The molecule has 0 aliphatic rings. The van der Waals surface area contributed by atoms with E-state index in [0.717, 1.165) is 0 Å². The maximum Gasteiger partial charge on any atom is 0.389 e. The maximum atomic E-state index is 11.9. The molecule has 7 heteroatoms. The zero-order valence-electron chi connectivity index (χ0n) is 9.26. The van der Waals surface area contributed by atoms with Gasteiger partial charge in [0.15, 0.2) is 0 Å². The van der Waals surface area contributed by atoms with Crippen molar-refractivity contribution < 1.29 is 22.7 Å². The number of alkyl halides is 3. The number of anilines is 1. The summed E-state index contributed by atoms with van der Waals surface area (Å²) in [6.45, 7) is -0.278. The van der Waals surface area contributed by atoms with Gasteiger partial charge in [-0.3, -0.25) is 0 Å². The number of benzene rings is 1. The van der Waals surface area contributed by atoms with Crippen LogP contribution in [-0.4, -0.2) is 18.8 Å². The molecule has 1 aromatic carbocycles. The normalized spacial score (nSPS) is 11.3. The molecule has 0 unspecified atom stereocenters. The first kappa shape index (κ1) is 14.8. The Bertz CT molecular complexity index is 435. The van der Waals surface area contributed by atoms with Crippen LogP contribution in [-0.2, 0) is 4.74 Å². The number of hydrogen-bond donors (Lipinski definition) is 1. The fourth-order valence-corrected chi connectivity index (χ4v) is 1.62. The van der Waals surface area contributed by atoms with Gasteiger partial charge in [0, 0.05) is 16.6 Å². The summed E-state index contributed by atoms with van der Waals surface area (Å²) < 4.78 is 40.8. The minimum absolute atomic E-state index is 0.196. The topological polar surface area (TPSA) is 52.3 Å². The molecule has 3 nitrogen and oxygen atoms in total. The van der Waals surface area contributed by atoms with Crippen molar-refractivity contribution in [1.82, 2.24) is 0 Å². The lowest BCUT2D eigenvalue weighted by molar-refractivity contribution is -0.137. The van der Waals surface area contributed by atoms with E-state index in [1.165, 1.54) is 6.07 Å². The Morgan fingerprint density at radius 2 is 2.06 bits per heavy atom. The molecule has 0 saturated heterocycles. The lowest BCUT2D eigenvalue weighted by Crippen LogP contribution is -2.12. The monoisotopic (exact) mass is 325 g/mol. The summed E-state index contributed by atoms with van der Waals surface area (Å²) in [7, 11) is 0. The Balaban J connectivity index is 2.48. The third kappa shape index (κ3) is 4.95. The second-order valence-corrected chi connectivity index (χ2v) is 4.45. The van der Waals surface area contributed by atoms with Gasteiger partial charge in [-0.15, -0.1) is 0 Å². The molecule has 0 aliphatic carbocycles. The number of esters is 1. The van der Waals surface area contributed by atoms with E-state index in [1.54, 1.807) is 12.1 Å². The van der Waals surface area contributed by atoms with E-state index in [9.17, 15) is 18.0 Å². The highest BCUT2D eigenvalue weighted by Gasteiger charge is 2.26. The molecule has 1 rings (SSSR count). The van der Waals surface area contributed by atoms with Crippen LogP contribution in [0.15, 0.2) is 22.7 Å². The summed E-state index contributed by atoms with van der Waals surface area (Å²) >= 11 is 3.14. The minimum Gasteiger partial charge on any atom is -0.462 e. The minimum atomic E-state index is -4.23. The maximum absolute atomic E-state index is 11.9. The van der Waals surface area contributed by atoms with Crippen LogP contribution in [0.2, 0.25) is 0 Å². The Kier molecular flexibility index (Phi) is 5.01. The first-order valence-corrected chi connectivity index (χ1v) is 5.88. The molecule has 0 aliphatic heterocycles. The summed E-state index contributed by atoms with van der Waals surface area (Å²) in [6.07, 6.45) is -5.46. The zero-order chi connectivity index (χ0) is 13.8. The highest BCUT2D eigenvalue weighted by molar-refractivity contribution is 9.10. The third-order valence-corrected chi connectivity index (χ3v) is 2.74. The van der Waals surface area contributed by atoms with Gasteiger partial charge in [0.1, 0.15) is 0 Å². The van der Waals surface area contributed by atoms with Crippen molar-refractivity contribution in [3.63, 3.8) is 0 Å². The zero-order valence-corrected chi connectivity index (χ0v) is 10.8. The fourth-order valence-electron chi connectivity index (χ4n) is 1.21. The lowest BCUT2D eigenvalue weighted by Gasteiger charge is -2.08. The molecule has 0 radical (unpaired) electrons. The van der Waals surface area contributed by atoms with Gasteiger partial charge in [-0.2, -0.15) is 13.2 Å². The quantitative estimate of drug-likeness (QED) is 0.523. The highest BCUT2D eigenvalue weighted by atomic mass is 79.9. The predicted octanol–water partition coefficient (Wildman–Crippen LogP) is 3.53. The lowest BCUT2D eigenvalue weighted by atomic mass is 10.2. The molecule has 0 atom stereocenters. The Morgan fingerprint density at radius 3 is 2.67 bits per heavy atom. The molecule has 0 fully saturated rings. The molecular weight excluding hydrogens is 315 g/mol. The van der Waals surface area contributed by atoms with E-state index in [-0.39, 0.29) is 18.6 Å². The molecular formula is C11H11BrF3NO2. The number of ether oxygens (including phenoxy) is 1. The first-order valence-electron chi connectivity index (χ1n) is 5.08. The van der Waals surface area contributed by atoms with Gasteiger partial charge in [-0.1, -0.05) is 0 Å². The number of carbonyl (C=O) groups excluding carboxylic acids is 1. The van der Waals surface area contributed by atoms with Crippen molar-refractivity contribution in [2.75, 3.05) is 12.3 Å². The van der Waals surface area contributed by atoms with Crippen LogP contribution in [0.1, 0.15) is 23.2 Å². The summed E-state index contributed by atoms with van der Waals surface area (Å²) in [5.74, 6) is -0.698. The molecule has 0 aromatic heterocycles. The highest BCUT2D eigenvalue weighted by Crippen LogP contribution is 2.22. The van der Waals surface area contributed by atoms with Crippen molar-refractivity contribution in [3.8, 4) is 0 Å². The van der Waals surface area contributed by atoms with Crippen molar-refractivity contribution >= 4 is 27.6 Å². The average Bonchev–Trinajstić information content (AvgIpc) is 2.26. The molecule has 100 valence electrons. The van der Waals surface area contributed by atoms with Crippen molar-refractivity contribution in [1.29, 1.82) is 0 Å². The molecule has 0 spiro atoms. The van der Waals surface area contributed by atoms with Crippen molar-refractivity contribution in [2.24, 2.45) is 0 Å². The van der Waals surface area contributed by atoms with Crippen LogP contribution < -0.4 is 5.73 Å². The van der Waals surface area contributed by atoms with E-state index in [2.05, 4.69) is 15.9 Å². The van der Waals surface area contributed by atoms with Gasteiger partial charge in [-0.05, 0) is 40.5 Å². The second-order valence-electron chi connectivity index (χ2n) is 3.59. The largest absolute Gasteiger partial charge is 0.462 e. The van der Waals surface area contributed by atoms with Gasteiger partial charge in [0.2, 0.25) is 0 Å². The number of halogens is 4. The fraction of sp³-hybridized carbons (Fsp3) is 0.364. The Labute approximate surface area is 110 Å². The van der Waals surface area contributed by atoms with E-state index in [1.807, 2.05) is 0 Å². The predicted molar refractivity (Wildman–Crippen MR) is 64.1 cm³/mol. The summed E-state index contributed by atoms with van der Waals surface area (Å²) in [4.78, 5) is 11.6. The third-order valence-electron chi connectivity index (χ3n) is 2.05. The summed E-state index contributed by atoms with van der Waals surface area (Å²) in [5.41, 5.74) is 6.07. The van der Waals surface area contributed by atoms with Gasteiger partial charge in [0.05, 0.1) is 12.2 Å². The first-order chi connectivity index (χ1) is 8.29. The van der Waals surface area contributed by atoms with Crippen molar-refractivity contribution in [3.05, 3.63) is 28.2 Å².